The molecule has 6 nitrogen and oxygen atoms in total. The van der Waals surface area contributed by atoms with Crippen LogP contribution in [0.1, 0.15) is 31.2 Å². The summed E-state index contributed by atoms with van der Waals surface area (Å²) in [7, 11) is 0. The van der Waals surface area contributed by atoms with E-state index in [1.165, 1.54) is 0 Å². The number of amides is 1. The predicted octanol–water partition coefficient (Wildman–Crippen LogP) is 2.05. The van der Waals surface area contributed by atoms with Gasteiger partial charge in [0.15, 0.2) is 0 Å². The molecule has 128 valence electrons. The molecule has 3 heterocycles. The van der Waals surface area contributed by atoms with Crippen molar-refractivity contribution in [2.24, 2.45) is 0 Å². The van der Waals surface area contributed by atoms with Gasteiger partial charge in [0, 0.05) is 50.9 Å². The van der Waals surface area contributed by atoms with E-state index in [9.17, 15) is 4.79 Å². The van der Waals surface area contributed by atoms with E-state index in [0.29, 0.717) is 19.6 Å². The average Bonchev–Trinajstić information content (AvgIpc) is 3.26. The SMILES string of the molecule is CCc1nccn1CC(=O)N(Cc1ccncc1)C[C@H]1CCCO1. The van der Waals surface area contributed by atoms with Gasteiger partial charge in [0.1, 0.15) is 12.4 Å². The number of ether oxygens (including phenoxy) is 1. The van der Waals surface area contributed by atoms with Crippen molar-refractivity contribution in [1.82, 2.24) is 19.4 Å². The predicted molar refractivity (Wildman–Crippen MR) is 90.2 cm³/mol. The van der Waals surface area contributed by atoms with Crippen LogP contribution in [0.2, 0.25) is 0 Å². The van der Waals surface area contributed by atoms with Crippen LogP contribution in [-0.4, -0.2) is 44.6 Å². The molecule has 0 saturated carbocycles. The lowest BCUT2D eigenvalue weighted by molar-refractivity contribution is -0.134. The summed E-state index contributed by atoms with van der Waals surface area (Å²) in [5.74, 6) is 1.03. The van der Waals surface area contributed by atoms with Gasteiger partial charge in [-0.2, -0.15) is 0 Å². The second kappa shape index (κ2) is 8.06. The topological polar surface area (TPSA) is 60.2 Å². The maximum Gasteiger partial charge on any atom is 0.242 e. The van der Waals surface area contributed by atoms with Crippen molar-refractivity contribution in [2.45, 2.75) is 45.4 Å². The smallest absolute Gasteiger partial charge is 0.242 e. The van der Waals surface area contributed by atoms with Crippen molar-refractivity contribution in [2.75, 3.05) is 13.2 Å². The van der Waals surface area contributed by atoms with Crippen LogP contribution >= 0.6 is 0 Å². The highest BCUT2D eigenvalue weighted by Crippen LogP contribution is 2.16. The molecule has 6 heteroatoms. The van der Waals surface area contributed by atoms with Crippen LogP contribution < -0.4 is 0 Å². The number of carbonyl (C=O) groups excluding carboxylic acids is 1. The van der Waals surface area contributed by atoms with Gasteiger partial charge in [-0.1, -0.05) is 6.92 Å². The molecule has 0 spiro atoms. The summed E-state index contributed by atoms with van der Waals surface area (Å²) >= 11 is 0. The molecule has 0 radical (unpaired) electrons. The average molecular weight is 328 g/mol. The molecule has 0 bridgehead atoms. The van der Waals surface area contributed by atoms with Gasteiger partial charge in [-0.25, -0.2) is 4.98 Å². The van der Waals surface area contributed by atoms with Crippen LogP contribution in [0.15, 0.2) is 36.9 Å². The quantitative estimate of drug-likeness (QED) is 0.780. The lowest BCUT2D eigenvalue weighted by Gasteiger charge is -2.26. The number of rotatable bonds is 7. The van der Waals surface area contributed by atoms with Gasteiger partial charge >= 0.3 is 0 Å². The van der Waals surface area contributed by atoms with Crippen LogP contribution in [0, 0.1) is 0 Å². The van der Waals surface area contributed by atoms with E-state index in [0.717, 1.165) is 37.3 Å². The third-order valence-corrected chi connectivity index (χ3v) is 4.35. The van der Waals surface area contributed by atoms with Crippen molar-refractivity contribution in [3.63, 3.8) is 0 Å². The molecule has 0 N–H and O–H groups in total. The van der Waals surface area contributed by atoms with Crippen LogP contribution in [-0.2, 0) is 29.0 Å². The van der Waals surface area contributed by atoms with Crippen molar-refractivity contribution >= 4 is 5.91 Å². The molecule has 0 aromatic carbocycles. The summed E-state index contributed by atoms with van der Waals surface area (Å²) in [4.78, 5) is 23.1. The minimum atomic E-state index is 0.0926. The Kier molecular flexibility index (Phi) is 5.59. The lowest BCUT2D eigenvalue weighted by Crippen LogP contribution is -2.39. The van der Waals surface area contributed by atoms with E-state index in [1.807, 2.05) is 34.7 Å². The molecule has 1 aliphatic rings. The molecular weight excluding hydrogens is 304 g/mol. The first-order valence-corrected chi connectivity index (χ1v) is 8.54. The van der Waals surface area contributed by atoms with Gasteiger partial charge in [0.25, 0.3) is 0 Å². The lowest BCUT2D eigenvalue weighted by atomic mass is 10.2. The number of imidazole rings is 1. The number of pyridine rings is 1. The van der Waals surface area contributed by atoms with Gasteiger partial charge in [-0.3, -0.25) is 9.78 Å². The van der Waals surface area contributed by atoms with E-state index in [-0.39, 0.29) is 12.0 Å². The summed E-state index contributed by atoms with van der Waals surface area (Å²) in [6, 6.07) is 3.90. The molecule has 1 fully saturated rings. The molecular formula is C18H24N4O2. The molecule has 3 rings (SSSR count). The second-order valence-corrected chi connectivity index (χ2v) is 6.09. The highest BCUT2D eigenvalue weighted by molar-refractivity contribution is 5.76. The molecule has 24 heavy (non-hydrogen) atoms. The van der Waals surface area contributed by atoms with Gasteiger partial charge in [-0.15, -0.1) is 0 Å². The number of hydrogen-bond acceptors (Lipinski definition) is 4. The van der Waals surface area contributed by atoms with E-state index in [1.54, 1.807) is 18.6 Å². The Hall–Kier alpha value is -2.21. The van der Waals surface area contributed by atoms with Crippen LogP contribution in [0.4, 0.5) is 0 Å². The number of nitrogens with zero attached hydrogens (tertiary/aromatic N) is 4. The largest absolute Gasteiger partial charge is 0.376 e. The Balaban J connectivity index is 1.71. The van der Waals surface area contributed by atoms with E-state index in [4.69, 9.17) is 4.74 Å². The third-order valence-electron chi connectivity index (χ3n) is 4.35. The molecule has 2 aromatic rings. The van der Waals surface area contributed by atoms with Gasteiger partial charge < -0.3 is 14.2 Å². The second-order valence-electron chi connectivity index (χ2n) is 6.09. The minimum absolute atomic E-state index is 0.0926. The Labute approximate surface area is 142 Å². The van der Waals surface area contributed by atoms with Crippen LogP contribution in [0.5, 0.6) is 0 Å². The zero-order valence-electron chi connectivity index (χ0n) is 14.1. The van der Waals surface area contributed by atoms with Crippen molar-refractivity contribution in [3.05, 3.63) is 48.3 Å². The zero-order valence-corrected chi connectivity index (χ0v) is 14.1. The van der Waals surface area contributed by atoms with Gasteiger partial charge in [-0.05, 0) is 30.5 Å². The highest BCUT2D eigenvalue weighted by atomic mass is 16.5. The number of aromatic nitrogens is 3. The number of carbonyl (C=O) groups is 1. The van der Waals surface area contributed by atoms with Gasteiger partial charge in [0.2, 0.25) is 5.91 Å². The standard InChI is InChI=1S/C18H24N4O2/c1-2-17-20-9-10-21(17)14-18(23)22(13-16-4-3-11-24-16)12-15-5-7-19-8-6-15/h5-10,16H,2-4,11-14H2,1H3/t16-/m1/s1. The molecule has 1 aliphatic heterocycles. The van der Waals surface area contributed by atoms with Crippen LogP contribution in [0.25, 0.3) is 0 Å². The fourth-order valence-electron chi connectivity index (χ4n) is 3.04. The highest BCUT2D eigenvalue weighted by Gasteiger charge is 2.23. The first-order valence-electron chi connectivity index (χ1n) is 8.54. The van der Waals surface area contributed by atoms with E-state index in [2.05, 4.69) is 9.97 Å². The summed E-state index contributed by atoms with van der Waals surface area (Å²) < 4.78 is 7.65. The third kappa shape index (κ3) is 4.20. The maximum absolute atomic E-state index is 12.9. The first-order chi connectivity index (χ1) is 11.8. The molecule has 1 saturated heterocycles. The molecule has 0 unspecified atom stereocenters. The van der Waals surface area contributed by atoms with Crippen molar-refractivity contribution in [1.29, 1.82) is 0 Å². The van der Waals surface area contributed by atoms with Crippen molar-refractivity contribution < 1.29 is 9.53 Å². The number of hydrogen-bond donors (Lipinski definition) is 0. The monoisotopic (exact) mass is 328 g/mol. The molecule has 1 amide bonds. The van der Waals surface area contributed by atoms with Gasteiger partial charge in [0.05, 0.1) is 6.10 Å². The maximum atomic E-state index is 12.9. The molecule has 1 atom stereocenters. The summed E-state index contributed by atoms with van der Waals surface area (Å²) in [5.41, 5.74) is 1.08. The molecule has 0 aliphatic carbocycles. The Morgan fingerprint density at radius 3 is 2.92 bits per heavy atom. The molecule has 2 aromatic heterocycles. The minimum Gasteiger partial charge on any atom is -0.376 e. The normalized spacial score (nSPS) is 17.1. The Morgan fingerprint density at radius 1 is 1.38 bits per heavy atom. The summed E-state index contributed by atoms with van der Waals surface area (Å²) in [6.45, 7) is 4.38. The Bertz CT molecular complexity index is 650. The Morgan fingerprint density at radius 2 is 2.21 bits per heavy atom. The summed E-state index contributed by atoms with van der Waals surface area (Å²) in [6.07, 6.45) is 10.2. The number of aryl methyl sites for hydroxylation is 1. The van der Waals surface area contributed by atoms with Crippen molar-refractivity contribution in [3.8, 4) is 0 Å². The first kappa shape index (κ1) is 16.6. The summed E-state index contributed by atoms with van der Waals surface area (Å²) in [5, 5.41) is 0. The zero-order chi connectivity index (χ0) is 16.8. The fourth-order valence-corrected chi connectivity index (χ4v) is 3.04. The fraction of sp³-hybridized carbons (Fsp3) is 0.500. The van der Waals surface area contributed by atoms with Crippen LogP contribution in [0.3, 0.4) is 0 Å². The van der Waals surface area contributed by atoms with E-state index >= 15 is 0 Å². The van der Waals surface area contributed by atoms with E-state index < -0.39 is 0 Å².